The molecule has 0 bridgehead atoms. The van der Waals surface area contributed by atoms with Crippen LogP contribution >= 0.6 is 0 Å². The van der Waals surface area contributed by atoms with Gasteiger partial charge in [0.15, 0.2) is 6.61 Å². The summed E-state index contributed by atoms with van der Waals surface area (Å²) in [6.07, 6.45) is 1.36. The average Bonchev–Trinajstić information content (AvgIpc) is 2.85. The van der Waals surface area contributed by atoms with Crippen LogP contribution in [-0.4, -0.2) is 35.4 Å². The van der Waals surface area contributed by atoms with Crippen LogP contribution in [0.5, 0.6) is 5.75 Å². The van der Waals surface area contributed by atoms with Crippen LogP contribution in [0.25, 0.3) is 0 Å². The van der Waals surface area contributed by atoms with Crippen LogP contribution < -0.4 is 10.1 Å². The molecule has 5 heteroatoms. The number of aryl methyl sites for hydroxylation is 2. The zero-order valence-corrected chi connectivity index (χ0v) is 21.2. The molecule has 0 aromatic heterocycles. The highest BCUT2D eigenvalue weighted by Gasteiger charge is 2.31. The molecule has 3 aromatic rings. The Hall–Kier alpha value is -3.60. The SMILES string of the molecule is CCc1ccc(OCC(=O)N(Cc2cccc(C)c2)[C@H](Cc2ccccc2)C(=O)NC(C)C)cc1. The minimum absolute atomic E-state index is 0.0370. The highest BCUT2D eigenvalue weighted by molar-refractivity contribution is 5.88. The molecule has 0 aliphatic rings. The molecule has 0 unspecified atom stereocenters. The summed E-state index contributed by atoms with van der Waals surface area (Å²) in [4.78, 5) is 28.6. The van der Waals surface area contributed by atoms with E-state index in [0.29, 0.717) is 18.7 Å². The normalized spacial score (nSPS) is 11.7. The smallest absolute Gasteiger partial charge is 0.261 e. The first-order valence-corrected chi connectivity index (χ1v) is 12.3. The highest BCUT2D eigenvalue weighted by Crippen LogP contribution is 2.18. The number of nitrogens with one attached hydrogen (secondary N) is 1. The third-order valence-electron chi connectivity index (χ3n) is 5.83. The van der Waals surface area contributed by atoms with Crippen LogP contribution in [0.2, 0.25) is 0 Å². The Morgan fingerprint density at radius 1 is 0.886 bits per heavy atom. The maximum absolute atomic E-state index is 13.6. The molecule has 0 radical (unpaired) electrons. The molecule has 2 amide bonds. The second-order valence-corrected chi connectivity index (χ2v) is 9.17. The van der Waals surface area contributed by atoms with E-state index in [2.05, 4.69) is 12.2 Å². The van der Waals surface area contributed by atoms with Crippen LogP contribution in [0, 0.1) is 6.92 Å². The van der Waals surface area contributed by atoms with Gasteiger partial charge < -0.3 is 15.0 Å². The lowest BCUT2D eigenvalue weighted by molar-refractivity contribution is -0.143. The van der Waals surface area contributed by atoms with Crippen molar-refractivity contribution in [1.82, 2.24) is 10.2 Å². The minimum Gasteiger partial charge on any atom is -0.484 e. The van der Waals surface area contributed by atoms with Gasteiger partial charge in [-0.25, -0.2) is 0 Å². The summed E-state index contributed by atoms with van der Waals surface area (Å²) >= 11 is 0. The van der Waals surface area contributed by atoms with Gasteiger partial charge in [-0.3, -0.25) is 9.59 Å². The predicted molar refractivity (Wildman–Crippen MR) is 140 cm³/mol. The number of nitrogens with zero attached hydrogens (tertiary/aromatic N) is 1. The van der Waals surface area contributed by atoms with Gasteiger partial charge in [-0.1, -0.05) is 79.2 Å². The van der Waals surface area contributed by atoms with Gasteiger partial charge in [-0.05, 0) is 56.0 Å². The molecule has 0 spiro atoms. The van der Waals surface area contributed by atoms with Gasteiger partial charge in [0.2, 0.25) is 5.91 Å². The summed E-state index contributed by atoms with van der Waals surface area (Å²) in [5.41, 5.74) is 4.28. The Morgan fingerprint density at radius 3 is 2.20 bits per heavy atom. The number of carbonyl (C=O) groups excluding carboxylic acids is 2. The molecular weight excluding hydrogens is 436 g/mol. The Labute approximate surface area is 209 Å². The molecule has 0 saturated heterocycles. The third-order valence-corrected chi connectivity index (χ3v) is 5.83. The van der Waals surface area contributed by atoms with Gasteiger partial charge in [-0.2, -0.15) is 0 Å². The molecule has 0 fully saturated rings. The van der Waals surface area contributed by atoms with E-state index in [1.54, 1.807) is 4.90 Å². The Morgan fingerprint density at radius 2 is 1.57 bits per heavy atom. The first kappa shape index (κ1) is 26.0. The second-order valence-electron chi connectivity index (χ2n) is 9.17. The van der Waals surface area contributed by atoms with E-state index in [4.69, 9.17) is 4.74 Å². The zero-order valence-electron chi connectivity index (χ0n) is 21.2. The summed E-state index contributed by atoms with van der Waals surface area (Å²) in [7, 11) is 0. The van der Waals surface area contributed by atoms with Gasteiger partial charge >= 0.3 is 0 Å². The number of hydrogen-bond acceptors (Lipinski definition) is 3. The molecular formula is C30H36N2O3. The largest absolute Gasteiger partial charge is 0.484 e. The van der Waals surface area contributed by atoms with E-state index in [9.17, 15) is 9.59 Å². The molecule has 0 heterocycles. The van der Waals surface area contributed by atoms with Gasteiger partial charge in [0.25, 0.3) is 5.91 Å². The second kappa shape index (κ2) is 12.7. The molecule has 0 saturated carbocycles. The van der Waals surface area contributed by atoms with Crippen LogP contribution in [0.15, 0.2) is 78.9 Å². The fraction of sp³-hybridized carbons (Fsp3) is 0.333. The van der Waals surface area contributed by atoms with Crippen molar-refractivity contribution in [2.45, 2.75) is 59.2 Å². The third kappa shape index (κ3) is 7.99. The topological polar surface area (TPSA) is 58.6 Å². The van der Waals surface area contributed by atoms with Crippen molar-refractivity contribution >= 4 is 11.8 Å². The Kier molecular flexibility index (Phi) is 9.47. The quantitative estimate of drug-likeness (QED) is 0.422. The molecule has 5 nitrogen and oxygen atoms in total. The average molecular weight is 473 g/mol. The molecule has 184 valence electrons. The maximum Gasteiger partial charge on any atom is 0.261 e. The maximum atomic E-state index is 13.6. The van der Waals surface area contributed by atoms with E-state index in [1.165, 1.54) is 5.56 Å². The van der Waals surface area contributed by atoms with Gasteiger partial charge in [-0.15, -0.1) is 0 Å². The van der Waals surface area contributed by atoms with Crippen molar-refractivity contribution in [3.8, 4) is 5.75 Å². The van der Waals surface area contributed by atoms with Gasteiger partial charge in [0.1, 0.15) is 11.8 Å². The van der Waals surface area contributed by atoms with Crippen molar-refractivity contribution in [1.29, 1.82) is 0 Å². The zero-order chi connectivity index (χ0) is 25.2. The van der Waals surface area contributed by atoms with Gasteiger partial charge in [0.05, 0.1) is 0 Å². The number of benzene rings is 3. The standard InChI is InChI=1S/C30H36N2O3/c1-5-24-14-16-27(17-15-24)35-21-29(33)32(20-26-13-9-10-23(4)18-26)28(30(34)31-22(2)3)19-25-11-7-6-8-12-25/h6-18,22,28H,5,19-21H2,1-4H3,(H,31,34)/t28-/m1/s1. The van der Waals surface area contributed by atoms with E-state index >= 15 is 0 Å². The first-order chi connectivity index (χ1) is 16.9. The number of amides is 2. The number of rotatable bonds is 11. The Balaban J connectivity index is 1.88. The van der Waals surface area contributed by atoms with E-state index in [1.807, 2.05) is 99.6 Å². The first-order valence-electron chi connectivity index (χ1n) is 12.3. The minimum atomic E-state index is -0.668. The van der Waals surface area contributed by atoms with Crippen LogP contribution in [-0.2, 0) is 29.0 Å². The molecule has 35 heavy (non-hydrogen) atoms. The number of hydrogen-bond donors (Lipinski definition) is 1. The van der Waals surface area contributed by atoms with Crippen molar-refractivity contribution < 1.29 is 14.3 Å². The number of ether oxygens (including phenoxy) is 1. The lowest BCUT2D eigenvalue weighted by Gasteiger charge is -2.32. The molecule has 1 N–H and O–H groups in total. The lowest BCUT2D eigenvalue weighted by atomic mass is 10.0. The van der Waals surface area contributed by atoms with Crippen molar-refractivity contribution in [3.05, 3.63) is 101 Å². The summed E-state index contributed by atoms with van der Waals surface area (Å²) < 4.78 is 5.85. The van der Waals surface area contributed by atoms with Crippen LogP contribution in [0.4, 0.5) is 0 Å². The van der Waals surface area contributed by atoms with E-state index in [0.717, 1.165) is 23.1 Å². The fourth-order valence-corrected chi connectivity index (χ4v) is 3.99. The number of carbonyl (C=O) groups is 2. The highest BCUT2D eigenvalue weighted by atomic mass is 16.5. The van der Waals surface area contributed by atoms with Crippen LogP contribution in [0.3, 0.4) is 0 Å². The van der Waals surface area contributed by atoms with Crippen LogP contribution in [0.1, 0.15) is 43.0 Å². The fourth-order valence-electron chi connectivity index (χ4n) is 3.99. The van der Waals surface area contributed by atoms with Crippen molar-refractivity contribution in [2.24, 2.45) is 0 Å². The molecule has 1 atom stereocenters. The molecule has 3 aromatic carbocycles. The van der Waals surface area contributed by atoms with Gasteiger partial charge in [0, 0.05) is 19.0 Å². The Bertz CT molecular complexity index is 1090. The van der Waals surface area contributed by atoms with Crippen molar-refractivity contribution in [3.63, 3.8) is 0 Å². The summed E-state index contributed by atoms with van der Waals surface area (Å²) in [5, 5.41) is 3.01. The predicted octanol–water partition coefficient (Wildman–Crippen LogP) is 5.10. The monoisotopic (exact) mass is 472 g/mol. The molecule has 0 aliphatic heterocycles. The summed E-state index contributed by atoms with van der Waals surface area (Å²) in [6.45, 7) is 8.14. The summed E-state index contributed by atoms with van der Waals surface area (Å²) in [6, 6.07) is 24.9. The molecule has 0 aliphatic carbocycles. The molecule has 3 rings (SSSR count). The van der Waals surface area contributed by atoms with E-state index in [-0.39, 0.29) is 24.5 Å². The summed E-state index contributed by atoms with van der Waals surface area (Å²) in [5.74, 6) is 0.236. The van der Waals surface area contributed by atoms with E-state index < -0.39 is 6.04 Å². The lowest BCUT2D eigenvalue weighted by Crippen LogP contribution is -2.52. The van der Waals surface area contributed by atoms with Crippen molar-refractivity contribution in [2.75, 3.05) is 6.61 Å².